The molecule has 0 amide bonds. The average Bonchev–Trinajstić information content (AvgIpc) is 2.85. The third-order valence-corrected chi connectivity index (χ3v) is 3.73. The van der Waals surface area contributed by atoms with E-state index in [1.54, 1.807) is 0 Å². The lowest BCUT2D eigenvalue weighted by molar-refractivity contribution is 0.352. The quantitative estimate of drug-likeness (QED) is 0.907. The Bertz CT molecular complexity index is 624. The highest BCUT2D eigenvalue weighted by Crippen LogP contribution is 2.37. The number of ether oxygens (including phenoxy) is 1. The first-order chi connectivity index (χ1) is 9.15. The number of fused-ring (bicyclic) bond motifs is 1. The largest absolute Gasteiger partial charge is 0.493 e. The number of nitrogens with two attached hydrogens (primary N) is 1. The van der Waals surface area contributed by atoms with E-state index in [1.165, 1.54) is 5.56 Å². The molecule has 1 aliphatic rings. The van der Waals surface area contributed by atoms with Crippen LogP contribution in [0.4, 0.5) is 0 Å². The van der Waals surface area contributed by atoms with E-state index in [4.69, 9.17) is 22.1 Å². The Morgan fingerprint density at radius 2 is 2.11 bits per heavy atom. The van der Waals surface area contributed by atoms with Gasteiger partial charge >= 0.3 is 0 Å². The first-order valence-corrected chi connectivity index (χ1v) is 6.80. The monoisotopic (exact) mass is 273 g/mol. The molecule has 2 aromatic carbocycles. The predicted octanol–water partition coefficient (Wildman–Crippen LogP) is 3.63. The van der Waals surface area contributed by atoms with Gasteiger partial charge < -0.3 is 10.5 Å². The smallest absolute Gasteiger partial charge is 0.127 e. The predicted molar refractivity (Wildman–Crippen MR) is 77.9 cm³/mol. The van der Waals surface area contributed by atoms with Gasteiger partial charge in [-0.15, -0.1) is 0 Å². The van der Waals surface area contributed by atoms with E-state index in [-0.39, 0.29) is 6.04 Å². The lowest BCUT2D eigenvalue weighted by Gasteiger charge is -2.17. The van der Waals surface area contributed by atoms with Crippen molar-refractivity contribution >= 4 is 11.6 Å². The molecule has 0 aliphatic carbocycles. The molecule has 0 saturated carbocycles. The molecule has 3 heteroatoms. The Labute approximate surface area is 118 Å². The molecule has 98 valence electrons. The number of rotatable bonds is 2. The van der Waals surface area contributed by atoms with E-state index in [9.17, 15) is 0 Å². The van der Waals surface area contributed by atoms with Crippen LogP contribution in [0, 0.1) is 6.92 Å². The molecular weight excluding hydrogens is 258 g/mol. The fourth-order valence-corrected chi connectivity index (χ4v) is 2.82. The maximum absolute atomic E-state index is 6.39. The van der Waals surface area contributed by atoms with E-state index in [0.29, 0.717) is 6.61 Å². The third-order valence-electron chi connectivity index (χ3n) is 3.51. The zero-order valence-electron chi connectivity index (χ0n) is 10.8. The van der Waals surface area contributed by atoms with Crippen molar-refractivity contribution in [1.29, 1.82) is 0 Å². The minimum atomic E-state index is -0.203. The Morgan fingerprint density at radius 3 is 2.89 bits per heavy atom. The van der Waals surface area contributed by atoms with E-state index >= 15 is 0 Å². The molecule has 0 aromatic heterocycles. The summed E-state index contributed by atoms with van der Waals surface area (Å²) >= 11 is 6.18. The number of halogens is 1. The van der Waals surface area contributed by atoms with Crippen molar-refractivity contribution in [2.45, 2.75) is 19.4 Å². The summed E-state index contributed by atoms with van der Waals surface area (Å²) in [7, 11) is 0. The van der Waals surface area contributed by atoms with Crippen molar-refractivity contribution in [2.75, 3.05) is 6.61 Å². The van der Waals surface area contributed by atoms with Gasteiger partial charge in [-0.3, -0.25) is 0 Å². The molecule has 1 atom stereocenters. The number of hydrogen-bond acceptors (Lipinski definition) is 2. The molecule has 19 heavy (non-hydrogen) atoms. The van der Waals surface area contributed by atoms with Gasteiger partial charge in [0, 0.05) is 17.0 Å². The van der Waals surface area contributed by atoms with Gasteiger partial charge in [-0.25, -0.2) is 0 Å². The van der Waals surface area contributed by atoms with Crippen molar-refractivity contribution in [2.24, 2.45) is 5.73 Å². The highest BCUT2D eigenvalue weighted by Gasteiger charge is 2.22. The molecule has 2 aromatic rings. The second-order valence-electron chi connectivity index (χ2n) is 4.97. The maximum atomic E-state index is 6.39. The van der Waals surface area contributed by atoms with Crippen LogP contribution in [0.3, 0.4) is 0 Å². The summed E-state index contributed by atoms with van der Waals surface area (Å²) in [6, 6.07) is 11.9. The van der Waals surface area contributed by atoms with Crippen LogP contribution in [0.25, 0.3) is 0 Å². The van der Waals surface area contributed by atoms with Crippen LogP contribution in [0.1, 0.15) is 28.3 Å². The molecule has 1 unspecified atom stereocenters. The van der Waals surface area contributed by atoms with Crippen molar-refractivity contribution in [3.8, 4) is 5.75 Å². The first kappa shape index (κ1) is 12.5. The fraction of sp³-hybridized carbons (Fsp3) is 0.250. The number of aryl methyl sites for hydroxylation is 1. The normalized spacial score (nSPS) is 14.9. The van der Waals surface area contributed by atoms with Crippen molar-refractivity contribution < 1.29 is 4.74 Å². The van der Waals surface area contributed by atoms with Crippen LogP contribution in [-0.2, 0) is 6.42 Å². The molecule has 2 N–H and O–H groups in total. The molecule has 0 spiro atoms. The summed E-state index contributed by atoms with van der Waals surface area (Å²) in [5.41, 5.74) is 10.8. The second kappa shape index (κ2) is 4.87. The fourth-order valence-electron chi connectivity index (χ4n) is 2.57. The topological polar surface area (TPSA) is 35.2 Å². The number of benzene rings is 2. The average molecular weight is 274 g/mol. The van der Waals surface area contributed by atoms with Gasteiger partial charge in [0.2, 0.25) is 0 Å². The van der Waals surface area contributed by atoms with Crippen molar-refractivity contribution in [3.63, 3.8) is 0 Å². The third kappa shape index (κ3) is 2.34. The van der Waals surface area contributed by atoms with Gasteiger partial charge in [0.1, 0.15) is 5.75 Å². The van der Waals surface area contributed by atoms with E-state index in [1.807, 2.05) is 24.3 Å². The van der Waals surface area contributed by atoms with Gasteiger partial charge in [-0.2, -0.15) is 0 Å². The maximum Gasteiger partial charge on any atom is 0.127 e. The molecule has 0 fully saturated rings. The van der Waals surface area contributed by atoms with Gasteiger partial charge in [-0.1, -0.05) is 41.4 Å². The first-order valence-electron chi connectivity index (χ1n) is 6.42. The summed E-state index contributed by atoms with van der Waals surface area (Å²) in [6.07, 6.45) is 0.906. The minimum absolute atomic E-state index is 0.203. The van der Waals surface area contributed by atoms with E-state index in [2.05, 4.69) is 19.1 Å². The Hall–Kier alpha value is -1.51. The van der Waals surface area contributed by atoms with Crippen LogP contribution < -0.4 is 10.5 Å². The van der Waals surface area contributed by atoms with Crippen LogP contribution in [0.15, 0.2) is 36.4 Å². The van der Waals surface area contributed by atoms with E-state index < -0.39 is 0 Å². The molecule has 0 saturated heterocycles. The number of hydrogen-bond donors (Lipinski definition) is 1. The summed E-state index contributed by atoms with van der Waals surface area (Å²) in [4.78, 5) is 0. The molecule has 0 radical (unpaired) electrons. The summed E-state index contributed by atoms with van der Waals surface area (Å²) in [6.45, 7) is 2.78. The zero-order valence-corrected chi connectivity index (χ0v) is 11.6. The van der Waals surface area contributed by atoms with Crippen molar-refractivity contribution in [1.82, 2.24) is 0 Å². The highest BCUT2D eigenvalue weighted by atomic mass is 35.5. The Balaban J connectivity index is 2.07. The lowest BCUT2D eigenvalue weighted by atomic mass is 9.95. The summed E-state index contributed by atoms with van der Waals surface area (Å²) in [5.74, 6) is 0.915. The summed E-state index contributed by atoms with van der Waals surface area (Å²) in [5, 5.41) is 0.724. The molecule has 3 rings (SSSR count). The second-order valence-corrected chi connectivity index (χ2v) is 5.41. The van der Waals surface area contributed by atoms with Gasteiger partial charge in [0.15, 0.2) is 0 Å². The zero-order chi connectivity index (χ0) is 13.4. The Kier molecular flexibility index (Phi) is 3.21. The molecule has 0 bridgehead atoms. The highest BCUT2D eigenvalue weighted by molar-refractivity contribution is 6.30. The lowest BCUT2D eigenvalue weighted by Crippen LogP contribution is -2.13. The molecule has 2 nitrogen and oxygen atoms in total. The Morgan fingerprint density at radius 1 is 1.26 bits per heavy atom. The van der Waals surface area contributed by atoms with Gasteiger partial charge in [0.25, 0.3) is 0 Å². The van der Waals surface area contributed by atoms with E-state index in [0.717, 1.165) is 33.9 Å². The minimum Gasteiger partial charge on any atom is -0.493 e. The standard InChI is InChI=1S/C16H16ClNO/c1-10-3-2-4-11(7-10)15(18)14-9-13(17)8-12-5-6-19-16(12)14/h2-4,7-9,15H,5-6,18H2,1H3. The van der Waals surface area contributed by atoms with Crippen LogP contribution in [-0.4, -0.2) is 6.61 Å². The van der Waals surface area contributed by atoms with Crippen molar-refractivity contribution in [3.05, 3.63) is 63.7 Å². The van der Waals surface area contributed by atoms with Crippen LogP contribution in [0.2, 0.25) is 5.02 Å². The molecule has 1 heterocycles. The van der Waals surface area contributed by atoms with Crippen LogP contribution in [0.5, 0.6) is 5.75 Å². The summed E-state index contributed by atoms with van der Waals surface area (Å²) < 4.78 is 5.72. The molecule has 1 aliphatic heterocycles. The van der Waals surface area contributed by atoms with Gasteiger partial charge in [0.05, 0.1) is 12.6 Å². The molecular formula is C16H16ClNO. The SMILES string of the molecule is Cc1cccc(C(N)c2cc(Cl)cc3c2OCC3)c1. The van der Waals surface area contributed by atoms with Gasteiger partial charge in [-0.05, 0) is 30.2 Å². The van der Waals surface area contributed by atoms with Crippen LogP contribution >= 0.6 is 11.6 Å².